The molecule has 4 heteroatoms. The lowest BCUT2D eigenvalue weighted by molar-refractivity contribution is 1.30. The van der Waals surface area contributed by atoms with Crippen molar-refractivity contribution in [1.29, 1.82) is 5.41 Å². The topological polar surface area (TPSA) is 64.9 Å². The summed E-state index contributed by atoms with van der Waals surface area (Å²) in [5.74, 6) is 0.637. The third-order valence-electron chi connectivity index (χ3n) is 1.04. The Hall–Kier alpha value is -1.45. The van der Waals surface area contributed by atoms with Gasteiger partial charge in [0.05, 0.1) is 6.33 Å². The fourth-order valence-electron chi connectivity index (χ4n) is 0.636. The van der Waals surface area contributed by atoms with Gasteiger partial charge in [-0.15, -0.1) is 0 Å². The second-order valence-electron chi connectivity index (χ2n) is 1.67. The summed E-state index contributed by atoms with van der Waals surface area (Å²) in [6, 6.07) is 0. The van der Waals surface area contributed by atoms with Crippen LogP contribution in [0.1, 0.15) is 12.6 Å². The predicted octanol–water partition coefficient (Wildman–Crippen LogP) is 1.13. The first-order chi connectivity index (χ1) is 4.88. The number of aromatic nitrogens is 2. The quantitative estimate of drug-likeness (QED) is 0.588. The van der Waals surface area contributed by atoms with Crippen LogP contribution in [-0.2, 0) is 0 Å². The molecule has 0 bridgehead atoms. The molecule has 0 fully saturated rings. The van der Waals surface area contributed by atoms with Crippen LogP contribution in [0.15, 0.2) is 11.3 Å². The van der Waals surface area contributed by atoms with Gasteiger partial charge < -0.3 is 10.4 Å². The molecule has 0 saturated carbocycles. The minimum absolute atomic E-state index is 0.568. The Labute approximate surface area is 58.5 Å². The second-order valence-corrected chi connectivity index (χ2v) is 1.67. The fraction of sp³-hybridized carbons (Fsp3) is 0.167. The molecule has 0 aliphatic carbocycles. The van der Waals surface area contributed by atoms with Crippen molar-refractivity contribution in [3.05, 3.63) is 12.0 Å². The first kappa shape index (κ1) is 6.67. The zero-order chi connectivity index (χ0) is 7.40. The summed E-state index contributed by atoms with van der Waals surface area (Å²) >= 11 is 0. The smallest absolute Gasteiger partial charge is 0.158 e. The minimum atomic E-state index is 0.568. The van der Waals surface area contributed by atoms with Crippen molar-refractivity contribution >= 4 is 18.2 Å². The maximum atomic E-state index is 6.90. The van der Waals surface area contributed by atoms with Gasteiger partial charge in [0.2, 0.25) is 0 Å². The molecule has 2 N–H and O–H groups in total. The van der Waals surface area contributed by atoms with Gasteiger partial charge in [0.15, 0.2) is 5.82 Å². The van der Waals surface area contributed by atoms with Gasteiger partial charge in [0.1, 0.15) is 5.69 Å². The molecule has 0 aromatic carbocycles. The Morgan fingerprint density at radius 3 is 3.20 bits per heavy atom. The van der Waals surface area contributed by atoms with E-state index in [1.165, 1.54) is 12.5 Å². The highest BCUT2D eigenvalue weighted by Gasteiger charge is 1.96. The molecule has 4 nitrogen and oxygen atoms in total. The van der Waals surface area contributed by atoms with Crippen molar-refractivity contribution in [2.75, 3.05) is 0 Å². The van der Waals surface area contributed by atoms with Gasteiger partial charge in [-0.05, 0) is 6.92 Å². The van der Waals surface area contributed by atoms with Crippen LogP contribution in [0, 0.1) is 5.41 Å². The average molecular weight is 136 g/mol. The normalized spacial score (nSPS) is 10.5. The number of hydrogen-bond acceptors (Lipinski definition) is 3. The molecule has 0 saturated heterocycles. The molecule has 0 atom stereocenters. The van der Waals surface area contributed by atoms with E-state index in [-0.39, 0.29) is 0 Å². The predicted molar refractivity (Wildman–Crippen MR) is 40.3 cm³/mol. The van der Waals surface area contributed by atoms with Crippen LogP contribution in [0.2, 0.25) is 0 Å². The third-order valence-corrected chi connectivity index (χ3v) is 1.04. The summed E-state index contributed by atoms with van der Waals surface area (Å²) < 4.78 is 0. The van der Waals surface area contributed by atoms with E-state index in [2.05, 4.69) is 15.0 Å². The first-order valence-electron chi connectivity index (χ1n) is 2.91. The van der Waals surface area contributed by atoms with Gasteiger partial charge in [0, 0.05) is 12.4 Å². The van der Waals surface area contributed by atoms with Gasteiger partial charge in [-0.25, -0.2) is 9.98 Å². The highest BCUT2D eigenvalue weighted by molar-refractivity contribution is 5.81. The Balaban J connectivity index is 3.00. The molecular formula is C6H8N4. The number of nitrogens with one attached hydrogen (secondary N) is 2. The Morgan fingerprint density at radius 1 is 1.80 bits per heavy atom. The van der Waals surface area contributed by atoms with Crippen molar-refractivity contribution < 1.29 is 0 Å². The van der Waals surface area contributed by atoms with E-state index >= 15 is 0 Å². The van der Waals surface area contributed by atoms with Gasteiger partial charge in [-0.3, -0.25) is 0 Å². The highest BCUT2D eigenvalue weighted by atomic mass is 15.0. The molecule has 0 radical (unpaired) electrons. The standard InChI is InChI=1S/C6H8N4/c1-2-8-6-5(3-7)9-4-10-6/h2-4,7H,1H3,(H,9,10)/b7-3?,8-2-. The van der Waals surface area contributed by atoms with Crippen LogP contribution < -0.4 is 0 Å². The van der Waals surface area contributed by atoms with Gasteiger partial charge >= 0.3 is 0 Å². The largest absolute Gasteiger partial charge is 0.329 e. The molecule has 52 valence electrons. The van der Waals surface area contributed by atoms with E-state index in [1.54, 1.807) is 6.21 Å². The number of hydrogen-bond donors (Lipinski definition) is 2. The van der Waals surface area contributed by atoms with Gasteiger partial charge in [-0.2, -0.15) is 0 Å². The SMILES string of the molecule is C/C=N\c1[nH]cnc1C=N. The molecule has 1 aromatic heterocycles. The van der Waals surface area contributed by atoms with Crippen molar-refractivity contribution in [2.24, 2.45) is 4.99 Å². The van der Waals surface area contributed by atoms with Crippen molar-refractivity contribution in [1.82, 2.24) is 9.97 Å². The molecule has 10 heavy (non-hydrogen) atoms. The zero-order valence-electron chi connectivity index (χ0n) is 5.63. The molecule has 0 spiro atoms. The number of aliphatic imine (C=N–C) groups is 1. The third kappa shape index (κ3) is 1.10. The molecule has 0 aliphatic rings. The molecule has 1 heterocycles. The zero-order valence-corrected chi connectivity index (χ0v) is 5.63. The Kier molecular flexibility index (Phi) is 1.94. The summed E-state index contributed by atoms with van der Waals surface area (Å²) in [5.41, 5.74) is 0.568. The number of nitrogens with zero attached hydrogens (tertiary/aromatic N) is 2. The van der Waals surface area contributed by atoms with Crippen molar-refractivity contribution in [3.63, 3.8) is 0 Å². The van der Waals surface area contributed by atoms with Crippen LogP contribution in [-0.4, -0.2) is 22.4 Å². The van der Waals surface area contributed by atoms with Crippen LogP contribution in [0.4, 0.5) is 5.82 Å². The monoisotopic (exact) mass is 136 g/mol. The Morgan fingerprint density at radius 2 is 2.60 bits per heavy atom. The molecule has 0 aliphatic heterocycles. The number of aromatic amines is 1. The molecule has 0 unspecified atom stereocenters. The van der Waals surface area contributed by atoms with Crippen LogP contribution in [0.25, 0.3) is 0 Å². The summed E-state index contributed by atoms with van der Waals surface area (Å²) in [5, 5.41) is 6.90. The fourth-order valence-corrected chi connectivity index (χ4v) is 0.636. The van der Waals surface area contributed by atoms with Crippen LogP contribution in [0.3, 0.4) is 0 Å². The van der Waals surface area contributed by atoms with E-state index in [9.17, 15) is 0 Å². The summed E-state index contributed by atoms with van der Waals surface area (Å²) in [4.78, 5) is 10.6. The molecule has 1 rings (SSSR count). The Bertz CT molecular complexity index is 248. The lowest BCUT2D eigenvalue weighted by Crippen LogP contribution is -1.77. The minimum Gasteiger partial charge on any atom is -0.329 e. The summed E-state index contributed by atoms with van der Waals surface area (Å²) in [6.07, 6.45) is 4.34. The van der Waals surface area contributed by atoms with Crippen LogP contribution >= 0.6 is 0 Å². The molecule has 1 aromatic rings. The van der Waals surface area contributed by atoms with Gasteiger partial charge in [-0.1, -0.05) is 0 Å². The van der Waals surface area contributed by atoms with E-state index in [4.69, 9.17) is 5.41 Å². The number of imidazole rings is 1. The maximum Gasteiger partial charge on any atom is 0.158 e. The van der Waals surface area contributed by atoms with E-state index in [0.717, 1.165) is 0 Å². The summed E-state index contributed by atoms with van der Waals surface area (Å²) in [6.45, 7) is 1.81. The van der Waals surface area contributed by atoms with Gasteiger partial charge in [0.25, 0.3) is 0 Å². The molecular weight excluding hydrogens is 128 g/mol. The molecule has 0 amide bonds. The maximum absolute atomic E-state index is 6.90. The van der Waals surface area contributed by atoms with Crippen molar-refractivity contribution in [2.45, 2.75) is 6.92 Å². The number of H-pyrrole nitrogens is 1. The van der Waals surface area contributed by atoms with E-state index in [0.29, 0.717) is 11.5 Å². The van der Waals surface area contributed by atoms with E-state index < -0.39 is 0 Å². The lowest BCUT2D eigenvalue weighted by atomic mass is 10.5. The number of rotatable bonds is 2. The summed E-state index contributed by atoms with van der Waals surface area (Å²) in [7, 11) is 0. The van der Waals surface area contributed by atoms with Crippen LogP contribution in [0.5, 0.6) is 0 Å². The van der Waals surface area contributed by atoms with Crippen molar-refractivity contribution in [3.8, 4) is 0 Å². The lowest BCUT2D eigenvalue weighted by Gasteiger charge is -1.84. The first-order valence-corrected chi connectivity index (χ1v) is 2.91. The highest BCUT2D eigenvalue weighted by Crippen LogP contribution is 2.08. The van der Waals surface area contributed by atoms with E-state index in [1.807, 2.05) is 6.92 Å². The average Bonchev–Trinajstić information content (AvgIpc) is 2.36. The second kappa shape index (κ2) is 2.91.